The summed E-state index contributed by atoms with van der Waals surface area (Å²) in [4.78, 5) is 4.23. The highest BCUT2D eigenvalue weighted by atomic mass is 79.9. The van der Waals surface area contributed by atoms with Gasteiger partial charge in [0.2, 0.25) is 5.88 Å². The summed E-state index contributed by atoms with van der Waals surface area (Å²) >= 11 is 3.32. The van der Waals surface area contributed by atoms with Crippen molar-refractivity contribution in [3.63, 3.8) is 0 Å². The maximum atomic E-state index is 13.2. The number of halogens is 3. The van der Waals surface area contributed by atoms with Crippen molar-refractivity contribution in [3.05, 3.63) is 57.7 Å². The average Bonchev–Trinajstić information content (AvgIpc) is 2.32. The van der Waals surface area contributed by atoms with E-state index in [-0.39, 0.29) is 0 Å². The van der Waals surface area contributed by atoms with Crippen molar-refractivity contribution in [3.8, 4) is 5.88 Å². The highest BCUT2D eigenvalue weighted by molar-refractivity contribution is 9.10. The zero-order valence-electron chi connectivity index (χ0n) is 10.5. The molecule has 1 atom stereocenters. The van der Waals surface area contributed by atoms with Crippen LogP contribution in [-0.2, 0) is 0 Å². The van der Waals surface area contributed by atoms with Gasteiger partial charge in [-0.1, -0.05) is 0 Å². The van der Waals surface area contributed by atoms with E-state index < -0.39 is 17.7 Å². The normalized spacial score (nSPS) is 12.3. The molecule has 100 valence electrons. The van der Waals surface area contributed by atoms with Crippen molar-refractivity contribution in [2.24, 2.45) is 0 Å². The highest BCUT2D eigenvalue weighted by Crippen LogP contribution is 2.28. The van der Waals surface area contributed by atoms with Gasteiger partial charge in [0.25, 0.3) is 0 Å². The molecule has 0 amide bonds. The second kappa shape index (κ2) is 5.65. The van der Waals surface area contributed by atoms with Gasteiger partial charge in [-0.2, -0.15) is 0 Å². The first kappa shape index (κ1) is 13.9. The quantitative estimate of drug-likeness (QED) is 0.823. The Morgan fingerprint density at radius 1 is 1.16 bits per heavy atom. The average molecular weight is 328 g/mol. The summed E-state index contributed by atoms with van der Waals surface area (Å²) in [6.45, 7) is 3.55. The van der Waals surface area contributed by atoms with E-state index in [0.29, 0.717) is 15.9 Å². The predicted octanol–water partition coefficient (Wildman–Crippen LogP) is 4.57. The van der Waals surface area contributed by atoms with Crippen LogP contribution in [0.5, 0.6) is 5.88 Å². The van der Waals surface area contributed by atoms with E-state index in [4.69, 9.17) is 4.74 Å². The highest BCUT2D eigenvalue weighted by Gasteiger charge is 2.13. The van der Waals surface area contributed by atoms with E-state index in [2.05, 4.69) is 20.9 Å². The number of hydrogen-bond acceptors (Lipinski definition) is 2. The largest absolute Gasteiger partial charge is 0.469 e. The Bertz CT molecular complexity index is 584. The molecule has 0 saturated carbocycles. The second-order valence-corrected chi connectivity index (χ2v) is 5.06. The summed E-state index contributed by atoms with van der Waals surface area (Å²) in [6.07, 6.45) is -0.504. The van der Waals surface area contributed by atoms with Crippen LogP contribution < -0.4 is 4.74 Å². The molecule has 1 heterocycles. The summed E-state index contributed by atoms with van der Waals surface area (Å²) in [5.74, 6) is -0.847. The van der Waals surface area contributed by atoms with Gasteiger partial charge in [0, 0.05) is 11.8 Å². The van der Waals surface area contributed by atoms with Crippen LogP contribution in [0.25, 0.3) is 0 Å². The minimum Gasteiger partial charge on any atom is -0.469 e. The molecule has 2 aromatic rings. The molecule has 19 heavy (non-hydrogen) atoms. The van der Waals surface area contributed by atoms with Gasteiger partial charge in [0.05, 0.1) is 4.47 Å². The number of rotatable bonds is 3. The summed E-state index contributed by atoms with van der Waals surface area (Å²) in [5, 5.41) is 0. The van der Waals surface area contributed by atoms with Gasteiger partial charge in [-0.3, -0.25) is 0 Å². The van der Waals surface area contributed by atoms with E-state index in [1.165, 1.54) is 12.1 Å². The molecular formula is C14H12BrF2NO. The SMILES string of the molecule is Cc1ccc(Br)c(O[C@H](C)c2cc(F)cc(F)c2)n1. The van der Waals surface area contributed by atoms with Gasteiger partial charge >= 0.3 is 0 Å². The number of aromatic nitrogens is 1. The molecule has 0 aliphatic carbocycles. The van der Waals surface area contributed by atoms with Gasteiger partial charge in [0.1, 0.15) is 17.7 Å². The van der Waals surface area contributed by atoms with Gasteiger partial charge in [-0.25, -0.2) is 13.8 Å². The first-order valence-electron chi connectivity index (χ1n) is 5.71. The minimum atomic E-state index is -0.623. The topological polar surface area (TPSA) is 22.1 Å². The summed E-state index contributed by atoms with van der Waals surface area (Å²) in [6, 6.07) is 6.98. The number of pyridine rings is 1. The molecule has 5 heteroatoms. The number of nitrogens with zero attached hydrogens (tertiary/aromatic N) is 1. The van der Waals surface area contributed by atoms with Crippen molar-refractivity contribution >= 4 is 15.9 Å². The van der Waals surface area contributed by atoms with Crippen LogP contribution in [0, 0.1) is 18.6 Å². The van der Waals surface area contributed by atoms with E-state index >= 15 is 0 Å². The first-order chi connectivity index (χ1) is 8.95. The summed E-state index contributed by atoms with van der Waals surface area (Å²) < 4.78 is 32.6. The molecule has 1 aromatic carbocycles. The first-order valence-corrected chi connectivity index (χ1v) is 6.51. The van der Waals surface area contributed by atoms with Gasteiger partial charge in [-0.15, -0.1) is 0 Å². The van der Waals surface area contributed by atoms with E-state index in [1.807, 2.05) is 19.1 Å². The van der Waals surface area contributed by atoms with Crippen molar-refractivity contribution in [1.82, 2.24) is 4.98 Å². The minimum absolute atomic E-state index is 0.400. The lowest BCUT2D eigenvalue weighted by atomic mass is 10.1. The van der Waals surface area contributed by atoms with Crippen LogP contribution >= 0.6 is 15.9 Å². The molecule has 0 radical (unpaired) electrons. The molecule has 2 nitrogen and oxygen atoms in total. The van der Waals surface area contributed by atoms with Crippen LogP contribution in [0.15, 0.2) is 34.8 Å². The van der Waals surface area contributed by atoms with E-state index in [0.717, 1.165) is 11.8 Å². The molecule has 0 N–H and O–H groups in total. The Balaban J connectivity index is 2.25. The molecule has 0 aliphatic heterocycles. The van der Waals surface area contributed by atoms with Crippen LogP contribution in [-0.4, -0.2) is 4.98 Å². The molecule has 0 bridgehead atoms. The van der Waals surface area contributed by atoms with Crippen LogP contribution in [0.2, 0.25) is 0 Å². The monoisotopic (exact) mass is 327 g/mol. The molecule has 0 spiro atoms. The van der Waals surface area contributed by atoms with Crippen molar-refractivity contribution < 1.29 is 13.5 Å². The van der Waals surface area contributed by atoms with E-state index in [9.17, 15) is 8.78 Å². The Hall–Kier alpha value is -1.49. The third-order valence-corrected chi connectivity index (χ3v) is 3.20. The number of benzene rings is 1. The molecule has 1 aromatic heterocycles. The predicted molar refractivity (Wildman–Crippen MR) is 72.1 cm³/mol. The Morgan fingerprint density at radius 2 is 1.79 bits per heavy atom. The molecular weight excluding hydrogens is 316 g/mol. The van der Waals surface area contributed by atoms with Gasteiger partial charge in [0.15, 0.2) is 0 Å². The molecule has 0 aliphatic rings. The lowest BCUT2D eigenvalue weighted by molar-refractivity contribution is 0.214. The fourth-order valence-electron chi connectivity index (χ4n) is 1.64. The Kier molecular flexibility index (Phi) is 4.14. The fraction of sp³-hybridized carbons (Fsp3) is 0.214. The van der Waals surface area contributed by atoms with Crippen molar-refractivity contribution in [2.75, 3.05) is 0 Å². The third-order valence-electron chi connectivity index (χ3n) is 2.60. The molecule has 0 saturated heterocycles. The van der Waals surface area contributed by atoms with Crippen LogP contribution in [0.3, 0.4) is 0 Å². The van der Waals surface area contributed by atoms with Crippen molar-refractivity contribution in [2.45, 2.75) is 20.0 Å². The number of hydrogen-bond donors (Lipinski definition) is 0. The van der Waals surface area contributed by atoms with Crippen LogP contribution in [0.4, 0.5) is 8.78 Å². The van der Waals surface area contributed by atoms with Gasteiger partial charge in [-0.05, 0) is 59.6 Å². The molecule has 2 rings (SSSR count). The molecule has 0 fully saturated rings. The van der Waals surface area contributed by atoms with Gasteiger partial charge < -0.3 is 4.74 Å². The summed E-state index contributed by atoms with van der Waals surface area (Å²) in [5.41, 5.74) is 1.23. The van der Waals surface area contributed by atoms with E-state index in [1.54, 1.807) is 6.92 Å². The number of ether oxygens (including phenoxy) is 1. The molecule has 0 unspecified atom stereocenters. The maximum Gasteiger partial charge on any atom is 0.228 e. The zero-order valence-corrected chi connectivity index (χ0v) is 12.0. The Labute approximate surface area is 118 Å². The van der Waals surface area contributed by atoms with Crippen molar-refractivity contribution in [1.29, 1.82) is 0 Å². The zero-order chi connectivity index (χ0) is 14.0. The van der Waals surface area contributed by atoms with Crippen LogP contribution in [0.1, 0.15) is 24.3 Å². The summed E-state index contributed by atoms with van der Waals surface area (Å²) in [7, 11) is 0. The maximum absolute atomic E-state index is 13.2. The lowest BCUT2D eigenvalue weighted by Crippen LogP contribution is -2.06. The standard InChI is InChI=1S/C14H12BrF2NO/c1-8-3-4-13(15)14(18-8)19-9(2)10-5-11(16)7-12(17)6-10/h3-7,9H,1-2H3/t9-/m1/s1. The lowest BCUT2D eigenvalue weighted by Gasteiger charge is -2.15. The second-order valence-electron chi connectivity index (χ2n) is 4.20. The smallest absolute Gasteiger partial charge is 0.228 e. The third kappa shape index (κ3) is 3.50. The number of aryl methyl sites for hydroxylation is 1. The fourth-order valence-corrected chi connectivity index (χ4v) is 1.96. The Morgan fingerprint density at radius 3 is 2.42 bits per heavy atom.